The number of halogens is 1. The van der Waals surface area contributed by atoms with Gasteiger partial charge in [-0.05, 0) is 48.7 Å². The summed E-state index contributed by atoms with van der Waals surface area (Å²) in [6.07, 6.45) is 0. The molecular weight excluding hydrogens is 290 g/mol. The van der Waals surface area contributed by atoms with Crippen LogP contribution in [0, 0.1) is 5.92 Å². The SMILES string of the molecule is C=C(C)COc1ccc(Br)c(CNCC(C)C)c1. The molecule has 0 heterocycles. The molecule has 0 saturated carbocycles. The molecule has 1 aromatic carbocycles. The second-order valence-corrected chi connectivity index (χ2v) is 5.88. The number of hydrogen-bond acceptors (Lipinski definition) is 2. The molecule has 100 valence electrons. The zero-order valence-electron chi connectivity index (χ0n) is 11.4. The van der Waals surface area contributed by atoms with E-state index in [9.17, 15) is 0 Å². The average Bonchev–Trinajstić information content (AvgIpc) is 2.29. The van der Waals surface area contributed by atoms with Gasteiger partial charge in [0.05, 0.1) is 0 Å². The van der Waals surface area contributed by atoms with Gasteiger partial charge in [-0.2, -0.15) is 0 Å². The molecule has 0 aromatic heterocycles. The van der Waals surface area contributed by atoms with Crippen LogP contribution in [0.3, 0.4) is 0 Å². The first kappa shape index (κ1) is 15.3. The third-order valence-corrected chi connectivity index (χ3v) is 3.14. The molecule has 0 aliphatic heterocycles. The molecule has 3 heteroatoms. The summed E-state index contributed by atoms with van der Waals surface area (Å²) < 4.78 is 6.75. The van der Waals surface area contributed by atoms with E-state index < -0.39 is 0 Å². The summed E-state index contributed by atoms with van der Waals surface area (Å²) >= 11 is 3.56. The summed E-state index contributed by atoms with van der Waals surface area (Å²) in [5.41, 5.74) is 2.24. The van der Waals surface area contributed by atoms with Gasteiger partial charge in [-0.1, -0.05) is 36.4 Å². The van der Waals surface area contributed by atoms with E-state index in [1.165, 1.54) is 5.56 Å². The fourth-order valence-electron chi connectivity index (χ4n) is 1.48. The molecule has 0 saturated heterocycles. The first-order valence-electron chi connectivity index (χ1n) is 6.25. The van der Waals surface area contributed by atoms with Gasteiger partial charge in [0.1, 0.15) is 12.4 Å². The Bertz CT molecular complexity index is 401. The third-order valence-electron chi connectivity index (χ3n) is 2.37. The monoisotopic (exact) mass is 311 g/mol. The largest absolute Gasteiger partial charge is 0.489 e. The van der Waals surface area contributed by atoms with Crippen LogP contribution in [-0.2, 0) is 6.54 Å². The van der Waals surface area contributed by atoms with Gasteiger partial charge in [0, 0.05) is 11.0 Å². The zero-order chi connectivity index (χ0) is 13.5. The smallest absolute Gasteiger partial charge is 0.120 e. The Kier molecular flexibility index (Phi) is 6.44. The van der Waals surface area contributed by atoms with Crippen LogP contribution in [-0.4, -0.2) is 13.2 Å². The molecule has 0 spiro atoms. The lowest BCUT2D eigenvalue weighted by molar-refractivity contribution is 0.352. The van der Waals surface area contributed by atoms with Crippen molar-refractivity contribution in [3.8, 4) is 5.75 Å². The number of benzene rings is 1. The number of nitrogens with one attached hydrogen (secondary N) is 1. The highest BCUT2D eigenvalue weighted by atomic mass is 79.9. The molecule has 1 aromatic rings. The van der Waals surface area contributed by atoms with Crippen LogP contribution in [0.1, 0.15) is 26.3 Å². The molecule has 0 fully saturated rings. The van der Waals surface area contributed by atoms with Gasteiger partial charge < -0.3 is 10.1 Å². The highest BCUT2D eigenvalue weighted by Crippen LogP contribution is 2.22. The fourth-order valence-corrected chi connectivity index (χ4v) is 1.87. The van der Waals surface area contributed by atoms with Crippen molar-refractivity contribution in [1.29, 1.82) is 0 Å². The van der Waals surface area contributed by atoms with E-state index in [0.29, 0.717) is 12.5 Å². The minimum atomic E-state index is 0.570. The van der Waals surface area contributed by atoms with E-state index in [-0.39, 0.29) is 0 Å². The predicted octanol–water partition coefficient (Wildman–Crippen LogP) is 4.15. The minimum absolute atomic E-state index is 0.570. The van der Waals surface area contributed by atoms with Gasteiger partial charge in [-0.25, -0.2) is 0 Å². The molecule has 0 aliphatic rings. The minimum Gasteiger partial charge on any atom is -0.489 e. The lowest BCUT2D eigenvalue weighted by Crippen LogP contribution is -2.19. The topological polar surface area (TPSA) is 21.3 Å². The maximum Gasteiger partial charge on any atom is 0.120 e. The molecular formula is C15H22BrNO. The van der Waals surface area contributed by atoms with E-state index in [2.05, 4.69) is 47.7 Å². The van der Waals surface area contributed by atoms with Crippen molar-refractivity contribution in [2.75, 3.05) is 13.2 Å². The molecule has 2 nitrogen and oxygen atoms in total. The van der Waals surface area contributed by atoms with Crippen molar-refractivity contribution in [1.82, 2.24) is 5.32 Å². The van der Waals surface area contributed by atoms with Gasteiger partial charge in [0.2, 0.25) is 0 Å². The lowest BCUT2D eigenvalue weighted by Gasteiger charge is -2.11. The van der Waals surface area contributed by atoms with Crippen molar-refractivity contribution < 1.29 is 4.74 Å². The zero-order valence-corrected chi connectivity index (χ0v) is 13.0. The Hall–Kier alpha value is -0.800. The Morgan fingerprint density at radius 2 is 2.17 bits per heavy atom. The summed E-state index contributed by atoms with van der Waals surface area (Å²) in [6.45, 7) is 12.6. The highest BCUT2D eigenvalue weighted by Gasteiger charge is 2.03. The second kappa shape index (κ2) is 7.59. The summed E-state index contributed by atoms with van der Waals surface area (Å²) in [7, 11) is 0. The van der Waals surface area contributed by atoms with Crippen molar-refractivity contribution in [3.63, 3.8) is 0 Å². The van der Waals surface area contributed by atoms with Crippen LogP contribution >= 0.6 is 15.9 Å². The standard InChI is InChI=1S/C15H22BrNO/c1-11(2)8-17-9-13-7-14(5-6-15(13)16)18-10-12(3)4/h5-7,11,17H,3,8-10H2,1-2,4H3. The average molecular weight is 312 g/mol. The predicted molar refractivity (Wildman–Crippen MR) is 81.0 cm³/mol. The van der Waals surface area contributed by atoms with E-state index in [4.69, 9.17) is 4.74 Å². The number of ether oxygens (including phenoxy) is 1. The van der Waals surface area contributed by atoms with Crippen LogP contribution < -0.4 is 10.1 Å². The summed E-state index contributed by atoms with van der Waals surface area (Å²) in [6, 6.07) is 6.07. The Morgan fingerprint density at radius 3 is 2.78 bits per heavy atom. The second-order valence-electron chi connectivity index (χ2n) is 5.02. The molecule has 18 heavy (non-hydrogen) atoms. The van der Waals surface area contributed by atoms with Crippen LogP contribution in [0.15, 0.2) is 34.8 Å². The maximum absolute atomic E-state index is 5.64. The van der Waals surface area contributed by atoms with Gasteiger partial charge in [-0.3, -0.25) is 0 Å². The van der Waals surface area contributed by atoms with Crippen LogP contribution in [0.5, 0.6) is 5.75 Å². The normalized spacial score (nSPS) is 10.7. The molecule has 0 bridgehead atoms. The number of rotatable bonds is 7. The molecule has 0 unspecified atom stereocenters. The number of hydrogen-bond donors (Lipinski definition) is 1. The Labute approximate surface area is 119 Å². The van der Waals surface area contributed by atoms with E-state index in [1.54, 1.807) is 0 Å². The molecule has 0 amide bonds. The van der Waals surface area contributed by atoms with Gasteiger partial charge in [0.25, 0.3) is 0 Å². The quantitative estimate of drug-likeness (QED) is 0.764. The summed E-state index contributed by atoms with van der Waals surface area (Å²) in [5.74, 6) is 1.55. The highest BCUT2D eigenvalue weighted by molar-refractivity contribution is 9.10. The molecule has 0 atom stereocenters. The lowest BCUT2D eigenvalue weighted by atomic mass is 10.2. The van der Waals surface area contributed by atoms with Crippen LogP contribution in [0.25, 0.3) is 0 Å². The first-order chi connectivity index (χ1) is 8.49. The Balaban J connectivity index is 2.60. The fraction of sp³-hybridized carbons (Fsp3) is 0.467. The maximum atomic E-state index is 5.64. The summed E-state index contributed by atoms with van der Waals surface area (Å²) in [4.78, 5) is 0. The third kappa shape index (κ3) is 5.69. The van der Waals surface area contributed by atoms with Crippen molar-refractivity contribution in [2.45, 2.75) is 27.3 Å². The molecule has 0 aliphatic carbocycles. The van der Waals surface area contributed by atoms with Gasteiger partial charge in [0.15, 0.2) is 0 Å². The van der Waals surface area contributed by atoms with Crippen molar-refractivity contribution >= 4 is 15.9 Å². The van der Waals surface area contributed by atoms with Crippen molar-refractivity contribution in [3.05, 3.63) is 40.4 Å². The van der Waals surface area contributed by atoms with Gasteiger partial charge in [-0.15, -0.1) is 0 Å². The van der Waals surface area contributed by atoms with E-state index >= 15 is 0 Å². The Morgan fingerprint density at radius 1 is 1.44 bits per heavy atom. The molecule has 0 radical (unpaired) electrons. The van der Waals surface area contributed by atoms with Crippen molar-refractivity contribution in [2.24, 2.45) is 5.92 Å². The van der Waals surface area contributed by atoms with Crippen LogP contribution in [0.2, 0.25) is 0 Å². The molecule has 1 rings (SSSR count). The van der Waals surface area contributed by atoms with Gasteiger partial charge >= 0.3 is 0 Å². The van der Waals surface area contributed by atoms with E-state index in [0.717, 1.165) is 28.9 Å². The molecule has 1 N–H and O–H groups in total. The van der Waals surface area contributed by atoms with Crippen LogP contribution in [0.4, 0.5) is 0 Å². The summed E-state index contributed by atoms with van der Waals surface area (Å²) in [5, 5.41) is 3.43. The first-order valence-corrected chi connectivity index (χ1v) is 7.04. The van der Waals surface area contributed by atoms with E-state index in [1.807, 2.05) is 19.1 Å².